The third-order valence-electron chi connectivity index (χ3n) is 4.23. The van der Waals surface area contributed by atoms with Crippen LogP contribution in [0.1, 0.15) is 25.7 Å². The number of hydrogen-bond donors (Lipinski definition) is 1. The molecule has 0 spiro atoms. The summed E-state index contributed by atoms with van der Waals surface area (Å²) < 4.78 is 5.83. The van der Waals surface area contributed by atoms with Crippen LogP contribution in [-0.2, 0) is 9.53 Å². The fraction of sp³-hybridized carbons (Fsp3) is 0.923. The highest BCUT2D eigenvalue weighted by molar-refractivity contribution is 7.99. The van der Waals surface area contributed by atoms with E-state index >= 15 is 0 Å². The molecule has 3 fully saturated rings. The number of amides is 1. The Morgan fingerprint density at radius 1 is 1.33 bits per heavy atom. The number of carbonyl (C=O) groups is 1. The second-order valence-electron chi connectivity index (χ2n) is 5.37. The van der Waals surface area contributed by atoms with Crippen molar-refractivity contribution in [2.45, 2.75) is 43.9 Å². The average Bonchev–Trinajstić information content (AvgIpc) is 2.47. The lowest BCUT2D eigenvalue weighted by atomic mass is 9.90. The van der Waals surface area contributed by atoms with Crippen LogP contribution in [0.2, 0.25) is 0 Å². The zero-order chi connectivity index (χ0) is 12.4. The number of rotatable bonds is 1. The van der Waals surface area contributed by atoms with Gasteiger partial charge in [0.15, 0.2) is 0 Å². The van der Waals surface area contributed by atoms with Crippen molar-refractivity contribution in [3.63, 3.8) is 0 Å². The van der Waals surface area contributed by atoms with E-state index in [1.165, 1.54) is 12.8 Å². The average molecular weight is 270 g/mol. The summed E-state index contributed by atoms with van der Waals surface area (Å²) in [6.45, 7) is 2.45. The summed E-state index contributed by atoms with van der Waals surface area (Å²) in [5.74, 6) is 2.36. The van der Waals surface area contributed by atoms with Crippen LogP contribution in [0.5, 0.6) is 0 Å². The maximum atomic E-state index is 12.6. The molecule has 102 valence electrons. The van der Waals surface area contributed by atoms with Gasteiger partial charge in [-0.1, -0.05) is 12.8 Å². The summed E-state index contributed by atoms with van der Waals surface area (Å²) in [7, 11) is 0. The lowest BCUT2D eigenvalue weighted by Crippen LogP contribution is -2.60. The van der Waals surface area contributed by atoms with Crippen LogP contribution in [0.25, 0.3) is 0 Å². The molecule has 2 aliphatic heterocycles. The van der Waals surface area contributed by atoms with Gasteiger partial charge in [0.25, 0.3) is 0 Å². The molecule has 18 heavy (non-hydrogen) atoms. The van der Waals surface area contributed by atoms with Gasteiger partial charge in [0.1, 0.15) is 0 Å². The van der Waals surface area contributed by atoms with E-state index in [9.17, 15) is 4.79 Å². The minimum atomic E-state index is 0.0319. The number of fused-ring (bicyclic) bond motifs is 1. The molecule has 0 bridgehead atoms. The normalized spacial score (nSPS) is 37.1. The first-order valence-electron chi connectivity index (χ1n) is 7.09. The van der Waals surface area contributed by atoms with Gasteiger partial charge in [0.2, 0.25) is 5.91 Å². The zero-order valence-corrected chi connectivity index (χ0v) is 11.6. The summed E-state index contributed by atoms with van der Waals surface area (Å²) in [6, 6.07) is 0.373. The third kappa shape index (κ3) is 2.53. The van der Waals surface area contributed by atoms with Crippen molar-refractivity contribution in [2.24, 2.45) is 0 Å². The maximum absolute atomic E-state index is 12.6. The first-order valence-corrected chi connectivity index (χ1v) is 8.25. The Morgan fingerprint density at radius 3 is 3.06 bits per heavy atom. The van der Waals surface area contributed by atoms with Gasteiger partial charge in [0.05, 0.1) is 24.8 Å². The van der Waals surface area contributed by atoms with E-state index in [2.05, 4.69) is 10.2 Å². The molecule has 2 saturated heterocycles. The van der Waals surface area contributed by atoms with Crippen molar-refractivity contribution in [2.75, 3.05) is 31.2 Å². The molecule has 1 N–H and O–H groups in total. The fourth-order valence-electron chi connectivity index (χ4n) is 3.29. The van der Waals surface area contributed by atoms with Crippen LogP contribution >= 0.6 is 11.8 Å². The molecule has 3 rings (SSSR count). The molecule has 4 nitrogen and oxygen atoms in total. The van der Waals surface area contributed by atoms with Crippen LogP contribution in [0.15, 0.2) is 0 Å². The van der Waals surface area contributed by atoms with Gasteiger partial charge in [-0.05, 0) is 12.8 Å². The molecular formula is C13H22N2O2S. The SMILES string of the molecule is O=C(C1CSCCN1)N1CCOC2CCCCC21. The highest BCUT2D eigenvalue weighted by atomic mass is 32.2. The first kappa shape index (κ1) is 12.8. The zero-order valence-electron chi connectivity index (χ0n) is 10.8. The maximum Gasteiger partial charge on any atom is 0.240 e. The van der Waals surface area contributed by atoms with Crippen molar-refractivity contribution in [1.29, 1.82) is 0 Å². The molecule has 5 heteroatoms. The molecule has 3 unspecified atom stereocenters. The van der Waals surface area contributed by atoms with Gasteiger partial charge in [-0.25, -0.2) is 0 Å². The number of hydrogen-bond acceptors (Lipinski definition) is 4. The molecule has 2 heterocycles. The lowest BCUT2D eigenvalue weighted by Gasteiger charge is -2.45. The Kier molecular flexibility index (Phi) is 4.11. The van der Waals surface area contributed by atoms with Crippen molar-refractivity contribution in [3.8, 4) is 0 Å². The summed E-state index contributed by atoms with van der Waals surface area (Å²) in [4.78, 5) is 14.7. The molecule has 3 atom stereocenters. The highest BCUT2D eigenvalue weighted by Gasteiger charge is 2.38. The van der Waals surface area contributed by atoms with Crippen LogP contribution in [0.4, 0.5) is 0 Å². The molecule has 1 aliphatic carbocycles. The van der Waals surface area contributed by atoms with Crippen molar-refractivity contribution >= 4 is 17.7 Å². The van der Waals surface area contributed by atoms with Gasteiger partial charge in [-0.3, -0.25) is 4.79 Å². The monoisotopic (exact) mass is 270 g/mol. The molecule has 0 aromatic carbocycles. The second kappa shape index (κ2) is 5.80. The Bertz CT molecular complexity index is 305. The minimum absolute atomic E-state index is 0.0319. The predicted molar refractivity (Wildman–Crippen MR) is 72.8 cm³/mol. The van der Waals surface area contributed by atoms with E-state index in [0.717, 1.165) is 37.4 Å². The highest BCUT2D eigenvalue weighted by Crippen LogP contribution is 2.29. The Balaban J connectivity index is 1.67. The molecule has 0 radical (unpaired) electrons. The lowest BCUT2D eigenvalue weighted by molar-refractivity contribution is -0.151. The van der Waals surface area contributed by atoms with Gasteiger partial charge in [0, 0.05) is 24.6 Å². The minimum Gasteiger partial charge on any atom is -0.374 e. The van der Waals surface area contributed by atoms with E-state index in [4.69, 9.17) is 4.74 Å². The number of morpholine rings is 1. The van der Waals surface area contributed by atoms with E-state index in [-0.39, 0.29) is 6.04 Å². The van der Waals surface area contributed by atoms with E-state index in [0.29, 0.717) is 24.7 Å². The van der Waals surface area contributed by atoms with Crippen molar-refractivity contribution in [3.05, 3.63) is 0 Å². The summed E-state index contributed by atoms with van der Waals surface area (Å²) >= 11 is 1.88. The van der Waals surface area contributed by atoms with E-state index < -0.39 is 0 Å². The number of ether oxygens (including phenoxy) is 1. The molecule has 0 aromatic rings. The molecule has 0 aromatic heterocycles. The largest absolute Gasteiger partial charge is 0.374 e. The summed E-state index contributed by atoms with van der Waals surface area (Å²) in [5.41, 5.74) is 0. The fourth-order valence-corrected chi connectivity index (χ4v) is 4.22. The van der Waals surface area contributed by atoms with Gasteiger partial charge in [-0.15, -0.1) is 0 Å². The van der Waals surface area contributed by atoms with Gasteiger partial charge < -0.3 is 15.0 Å². The van der Waals surface area contributed by atoms with Gasteiger partial charge >= 0.3 is 0 Å². The van der Waals surface area contributed by atoms with Crippen molar-refractivity contribution < 1.29 is 9.53 Å². The van der Waals surface area contributed by atoms with Gasteiger partial charge in [-0.2, -0.15) is 11.8 Å². The topological polar surface area (TPSA) is 41.6 Å². The predicted octanol–water partition coefficient (Wildman–Crippen LogP) is 0.861. The Morgan fingerprint density at radius 2 is 2.22 bits per heavy atom. The summed E-state index contributed by atoms with van der Waals surface area (Å²) in [6.07, 6.45) is 5.03. The standard InChI is InChI=1S/C13H22N2O2S/c16-13(10-9-18-8-5-14-10)15-6-7-17-12-4-2-1-3-11(12)15/h10-12,14H,1-9H2. The van der Waals surface area contributed by atoms with Crippen LogP contribution < -0.4 is 5.32 Å². The molecular weight excluding hydrogens is 248 g/mol. The van der Waals surface area contributed by atoms with E-state index in [1.54, 1.807) is 0 Å². The van der Waals surface area contributed by atoms with Crippen LogP contribution in [0.3, 0.4) is 0 Å². The third-order valence-corrected chi connectivity index (χ3v) is 5.30. The Labute approximate surface area is 113 Å². The number of nitrogens with one attached hydrogen (secondary N) is 1. The van der Waals surface area contributed by atoms with Crippen molar-refractivity contribution in [1.82, 2.24) is 10.2 Å². The number of nitrogens with zero attached hydrogens (tertiary/aromatic N) is 1. The molecule has 1 amide bonds. The number of thioether (sulfide) groups is 1. The van der Waals surface area contributed by atoms with Crippen LogP contribution in [-0.4, -0.2) is 60.2 Å². The van der Waals surface area contributed by atoms with E-state index in [1.807, 2.05) is 11.8 Å². The van der Waals surface area contributed by atoms with Crippen LogP contribution in [0, 0.1) is 0 Å². The molecule has 1 saturated carbocycles. The quantitative estimate of drug-likeness (QED) is 0.767. The summed E-state index contributed by atoms with van der Waals surface area (Å²) in [5, 5.41) is 3.36. The second-order valence-corrected chi connectivity index (χ2v) is 6.52. The Hall–Kier alpha value is -0.260. The first-order chi connectivity index (χ1) is 8.86. The molecule has 3 aliphatic rings. The smallest absolute Gasteiger partial charge is 0.240 e. The number of carbonyl (C=O) groups excluding carboxylic acids is 1.